The molecule has 3 aromatic heterocycles. The van der Waals surface area contributed by atoms with E-state index in [2.05, 4.69) is 16.3 Å². The Kier molecular flexibility index (Phi) is 4.11. The molecule has 3 heterocycles. The number of rotatable bonds is 4. The first kappa shape index (κ1) is 18.4. The Morgan fingerprint density at radius 3 is 2.19 bits per heavy atom. The van der Waals surface area contributed by atoms with Gasteiger partial charge in [-0.25, -0.2) is 9.36 Å². The highest BCUT2D eigenvalue weighted by Crippen LogP contribution is 2.31. The van der Waals surface area contributed by atoms with Gasteiger partial charge in [0.05, 0.1) is 23.3 Å². The number of furan rings is 1. The lowest BCUT2D eigenvalue weighted by Crippen LogP contribution is -1.99. The van der Waals surface area contributed by atoms with Gasteiger partial charge in [-0.05, 0) is 56.3 Å². The van der Waals surface area contributed by atoms with Crippen LogP contribution in [0.2, 0.25) is 0 Å². The van der Waals surface area contributed by atoms with Gasteiger partial charge in [-0.15, -0.1) is 0 Å². The molecule has 0 aliphatic rings. The van der Waals surface area contributed by atoms with Crippen molar-refractivity contribution < 1.29 is 9.15 Å². The van der Waals surface area contributed by atoms with Gasteiger partial charge in [0.15, 0.2) is 5.58 Å². The predicted molar refractivity (Wildman–Crippen MR) is 124 cm³/mol. The lowest BCUT2D eigenvalue weighted by molar-refractivity contribution is 0.481. The van der Waals surface area contributed by atoms with Gasteiger partial charge in [0.1, 0.15) is 22.6 Å². The van der Waals surface area contributed by atoms with Crippen molar-refractivity contribution in [2.45, 2.75) is 13.8 Å². The van der Waals surface area contributed by atoms with Gasteiger partial charge in [0.25, 0.3) is 0 Å². The Bertz CT molecular complexity index is 1590. The molecule has 0 spiro atoms. The summed E-state index contributed by atoms with van der Waals surface area (Å²) >= 11 is 0. The second kappa shape index (κ2) is 7.13. The summed E-state index contributed by atoms with van der Waals surface area (Å²) < 4.78 is 15.9. The fourth-order valence-electron chi connectivity index (χ4n) is 4.10. The number of nitrogens with zero attached hydrogens (tertiary/aromatic N) is 4. The molecule has 0 radical (unpaired) electrons. The molecule has 0 aliphatic carbocycles. The first-order valence-electron chi connectivity index (χ1n) is 10.4. The summed E-state index contributed by atoms with van der Waals surface area (Å²) in [5.41, 5.74) is 6.48. The molecule has 6 nitrogen and oxygen atoms in total. The first-order chi connectivity index (χ1) is 15.7. The quantitative estimate of drug-likeness (QED) is 0.333. The van der Waals surface area contributed by atoms with E-state index >= 15 is 0 Å². The van der Waals surface area contributed by atoms with E-state index in [4.69, 9.17) is 9.15 Å². The van der Waals surface area contributed by atoms with Crippen LogP contribution >= 0.6 is 0 Å². The zero-order valence-electron chi connectivity index (χ0n) is 17.7. The third-order valence-electron chi connectivity index (χ3n) is 5.47. The molecule has 6 heteroatoms. The highest BCUT2D eigenvalue weighted by molar-refractivity contribution is 6.03. The van der Waals surface area contributed by atoms with Gasteiger partial charge in [-0.2, -0.15) is 10.2 Å². The average molecular weight is 420 g/mol. The van der Waals surface area contributed by atoms with Gasteiger partial charge in [-0.3, -0.25) is 0 Å². The Morgan fingerprint density at radius 2 is 1.47 bits per heavy atom. The van der Waals surface area contributed by atoms with Gasteiger partial charge in [0.2, 0.25) is 0 Å². The molecule has 6 rings (SSSR count). The Labute approximate surface area is 184 Å². The van der Waals surface area contributed by atoms with Crippen molar-refractivity contribution in [1.29, 1.82) is 0 Å². The summed E-state index contributed by atoms with van der Waals surface area (Å²) in [5.74, 6) is 1.47. The standard InChI is InChI=1S/C26H20N4O2/c1-17-13-18(2)29(28-17)19-7-5-9-21(14-19)31-22-10-6-8-20(15-22)30-26-23-11-3-4-12-24(23)32-25(26)16-27-30/h3-16H,1-2H3. The second-order valence-corrected chi connectivity index (χ2v) is 7.80. The van der Waals surface area contributed by atoms with Crippen LogP contribution in [0.5, 0.6) is 11.5 Å². The maximum Gasteiger partial charge on any atom is 0.173 e. The molecule has 0 aliphatic heterocycles. The van der Waals surface area contributed by atoms with Crippen molar-refractivity contribution in [3.8, 4) is 22.9 Å². The van der Waals surface area contributed by atoms with E-state index in [1.54, 1.807) is 6.20 Å². The number of hydrogen-bond acceptors (Lipinski definition) is 4. The van der Waals surface area contributed by atoms with Crippen LogP contribution in [0.1, 0.15) is 11.4 Å². The summed E-state index contributed by atoms with van der Waals surface area (Å²) in [6.45, 7) is 4.03. The van der Waals surface area contributed by atoms with Crippen LogP contribution < -0.4 is 4.74 Å². The van der Waals surface area contributed by atoms with Crippen molar-refractivity contribution in [3.63, 3.8) is 0 Å². The SMILES string of the molecule is Cc1cc(C)n(-c2cccc(Oc3cccc(-n4ncc5oc6ccccc6c54)c3)c2)n1. The summed E-state index contributed by atoms with van der Waals surface area (Å²) in [6, 6.07) is 25.9. The fourth-order valence-corrected chi connectivity index (χ4v) is 4.10. The van der Waals surface area contributed by atoms with E-state index < -0.39 is 0 Å². The molecule has 0 bridgehead atoms. The summed E-state index contributed by atoms with van der Waals surface area (Å²) in [5, 5.41) is 10.1. The van der Waals surface area contributed by atoms with Crippen LogP contribution in [0, 0.1) is 13.8 Å². The van der Waals surface area contributed by atoms with E-state index in [1.165, 1.54) is 0 Å². The van der Waals surface area contributed by atoms with Crippen LogP contribution in [-0.4, -0.2) is 19.6 Å². The van der Waals surface area contributed by atoms with Crippen molar-refractivity contribution in [1.82, 2.24) is 19.6 Å². The molecular weight excluding hydrogens is 400 g/mol. The summed E-state index contributed by atoms with van der Waals surface area (Å²) in [6.07, 6.45) is 1.75. The number of hydrogen-bond donors (Lipinski definition) is 0. The van der Waals surface area contributed by atoms with Crippen molar-refractivity contribution in [2.24, 2.45) is 0 Å². The molecule has 3 aromatic carbocycles. The topological polar surface area (TPSA) is 58.0 Å². The van der Waals surface area contributed by atoms with E-state index in [9.17, 15) is 0 Å². The fraction of sp³-hybridized carbons (Fsp3) is 0.0769. The first-order valence-corrected chi connectivity index (χ1v) is 10.4. The van der Waals surface area contributed by atoms with E-state index in [-0.39, 0.29) is 0 Å². The minimum atomic E-state index is 0.726. The lowest BCUT2D eigenvalue weighted by atomic mass is 10.2. The van der Waals surface area contributed by atoms with Crippen LogP contribution in [-0.2, 0) is 0 Å². The molecule has 0 saturated heterocycles. The van der Waals surface area contributed by atoms with Gasteiger partial charge < -0.3 is 9.15 Å². The molecule has 0 unspecified atom stereocenters. The number of ether oxygens (including phenoxy) is 1. The molecule has 0 amide bonds. The van der Waals surface area contributed by atoms with E-state index in [0.29, 0.717) is 0 Å². The third kappa shape index (κ3) is 3.04. The van der Waals surface area contributed by atoms with Crippen LogP contribution in [0.3, 0.4) is 0 Å². The Balaban J connectivity index is 1.36. The maximum absolute atomic E-state index is 6.20. The molecule has 0 saturated carbocycles. The highest BCUT2D eigenvalue weighted by Gasteiger charge is 2.14. The summed E-state index contributed by atoms with van der Waals surface area (Å²) in [7, 11) is 0. The van der Waals surface area contributed by atoms with Gasteiger partial charge in [-0.1, -0.05) is 24.3 Å². The molecule has 6 aromatic rings. The molecule has 156 valence electrons. The van der Waals surface area contributed by atoms with Crippen molar-refractivity contribution in [2.75, 3.05) is 0 Å². The number of para-hydroxylation sites is 1. The smallest absolute Gasteiger partial charge is 0.173 e. The minimum Gasteiger partial charge on any atom is -0.457 e. The lowest BCUT2D eigenvalue weighted by Gasteiger charge is -2.10. The zero-order valence-corrected chi connectivity index (χ0v) is 17.7. The number of fused-ring (bicyclic) bond motifs is 3. The molecule has 0 N–H and O–H groups in total. The number of aromatic nitrogens is 4. The molecule has 0 atom stereocenters. The summed E-state index contributed by atoms with van der Waals surface area (Å²) in [4.78, 5) is 0. The third-order valence-corrected chi connectivity index (χ3v) is 5.47. The number of benzene rings is 3. The predicted octanol–water partition coefficient (Wildman–Crippen LogP) is 6.37. The van der Waals surface area contributed by atoms with Crippen LogP contribution in [0.4, 0.5) is 0 Å². The van der Waals surface area contributed by atoms with Gasteiger partial charge in [0, 0.05) is 23.2 Å². The van der Waals surface area contributed by atoms with E-state index in [0.717, 1.165) is 56.3 Å². The monoisotopic (exact) mass is 420 g/mol. The number of aryl methyl sites for hydroxylation is 2. The van der Waals surface area contributed by atoms with Crippen LogP contribution in [0.25, 0.3) is 33.4 Å². The maximum atomic E-state index is 6.20. The molecule has 32 heavy (non-hydrogen) atoms. The Hall–Kier alpha value is -4.32. The molecular formula is C26H20N4O2. The van der Waals surface area contributed by atoms with Crippen molar-refractivity contribution in [3.05, 3.63) is 96.4 Å². The minimum absolute atomic E-state index is 0.726. The Morgan fingerprint density at radius 1 is 0.750 bits per heavy atom. The molecule has 0 fully saturated rings. The largest absolute Gasteiger partial charge is 0.457 e. The average Bonchev–Trinajstić information content (AvgIpc) is 3.47. The highest BCUT2D eigenvalue weighted by atomic mass is 16.5. The zero-order chi connectivity index (χ0) is 21.7. The van der Waals surface area contributed by atoms with Crippen molar-refractivity contribution >= 4 is 22.1 Å². The normalized spacial score (nSPS) is 11.4. The van der Waals surface area contributed by atoms with Crippen LogP contribution in [0.15, 0.2) is 89.5 Å². The van der Waals surface area contributed by atoms with E-state index in [1.807, 2.05) is 96.0 Å². The van der Waals surface area contributed by atoms with Gasteiger partial charge >= 0.3 is 0 Å². The second-order valence-electron chi connectivity index (χ2n) is 7.80.